The molecule has 0 aliphatic carbocycles. The van der Waals surface area contributed by atoms with Crippen LogP contribution in [0.3, 0.4) is 0 Å². The van der Waals surface area contributed by atoms with Crippen LogP contribution in [-0.4, -0.2) is 9.78 Å². The third-order valence-electron chi connectivity index (χ3n) is 3.34. The van der Waals surface area contributed by atoms with Crippen molar-refractivity contribution in [2.75, 3.05) is 0 Å². The van der Waals surface area contributed by atoms with Gasteiger partial charge in [-0.1, -0.05) is 13.0 Å². The summed E-state index contributed by atoms with van der Waals surface area (Å²) in [6, 6.07) is 5.93. The van der Waals surface area contributed by atoms with Crippen molar-refractivity contribution >= 4 is 0 Å². The molecule has 2 aromatic rings. The fourth-order valence-electron chi connectivity index (χ4n) is 1.89. The van der Waals surface area contributed by atoms with Crippen LogP contribution < -0.4 is 5.32 Å². The van der Waals surface area contributed by atoms with Gasteiger partial charge in [-0.2, -0.15) is 5.10 Å². The van der Waals surface area contributed by atoms with E-state index in [1.807, 2.05) is 16.9 Å². The lowest BCUT2D eigenvalue weighted by molar-refractivity contribution is 0.471. The van der Waals surface area contributed by atoms with E-state index >= 15 is 0 Å². The van der Waals surface area contributed by atoms with Gasteiger partial charge in [-0.15, -0.1) is 0 Å². The Labute approximate surface area is 117 Å². The average molecular weight is 279 g/mol. The number of aromatic nitrogens is 2. The monoisotopic (exact) mass is 279 g/mol. The fourth-order valence-corrected chi connectivity index (χ4v) is 1.89. The largest absolute Gasteiger partial charge is 0.307 e. The van der Waals surface area contributed by atoms with Crippen LogP contribution in [0.4, 0.5) is 8.78 Å². The maximum Gasteiger partial charge on any atom is 0.130 e. The summed E-state index contributed by atoms with van der Waals surface area (Å²) in [5.74, 6) is -1.08. The smallest absolute Gasteiger partial charge is 0.130 e. The first-order chi connectivity index (χ1) is 9.60. The summed E-state index contributed by atoms with van der Waals surface area (Å²) in [6.45, 7) is 5.13. The average Bonchev–Trinajstić information content (AvgIpc) is 2.89. The summed E-state index contributed by atoms with van der Waals surface area (Å²) in [6.07, 6.45) is 2.97. The highest BCUT2D eigenvalue weighted by molar-refractivity contribution is 5.18. The molecule has 1 aromatic heterocycles. The van der Waals surface area contributed by atoms with Crippen molar-refractivity contribution in [1.29, 1.82) is 0 Å². The molecular weight excluding hydrogens is 260 g/mol. The Morgan fingerprint density at radius 3 is 2.75 bits per heavy atom. The molecule has 20 heavy (non-hydrogen) atoms. The normalized spacial score (nSPS) is 12.6. The van der Waals surface area contributed by atoms with Gasteiger partial charge >= 0.3 is 0 Å². The molecule has 0 amide bonds. The summed E-state index contributed by atoms with van der Waals surface area (Å²) in [5.41, 5.74) is 1.36. The van der Waals surface area contributed by atoms with Gasteiger partial charge in [0.05, 0.1) is 5.69 Å². The summed E-state index contributed by atoms with van der Waals surface area (Å²) in [7, 11) is 0. The molecular formula is C15H19F2N3. The fraction of sp³-hybridized carbons (Fsp3) is 0.400. The van der Waals surface area contributed by atoms with Gasteiger partial charge < -0.3 is 5.32 Å². The highest BCUT2D eigenvalue weighted by Gasteiger charge is 2.06. The Hall–Kier alpha value is -1.75. The van der Waals surface area contributed by atoms with Crippen LogP contribution in [-0.2, 0) is 13.1 Å². The van der Waals surface area contributed by atoms with E-state index in [1.54, 1.807) is 0 Å². The first kappa shape index (κ1) is 14.7. The standard InChI is InChI=1S/C15H19F2N3/c1-3-11(2)20-7-6-14(19-20)10-18-9-12-4-5-13(16)8-15(12)17/h4-8,11,18H,3,9-10H2,1-2H3. The number of rotatable bonds is 6. The van der Waals surface area contributed by atoms with Crippen molar-refractivity contribution in [3.63, 3.8) is 0 Å². The van der Waals surface area contributed by atoms with Gasteiger partial charge in [-0.25, -0.2) is 8.78 Å². The second kappa shape index (κ2) is 6.61. The molecule has 1 aromatic carbocycles. The van der Waals surface area contributed by atoms with Crippen LogP contribution in [0.25, 0.3) is 0 Å². The highest BCUT2D eigenvalue weighted by Crippen LogP contribution is 2.11. The Kier molecular flexibility index (Phi) is 4.84. The number of nitrogens with zero attached hydrogens (tertiary/aromatic N) is 2. The van der Waals surface area contributed by atoms with E-state index < -0.39 is 11.6 Å². The van der Waals surface area contributed by atoms with Gasteiger partial charge in [0.25, 0.3) is 0 Å². The van der Waals surface area contributed by atoms with Gasteiger partial charge in [-0.3, -0.25) is 4.68 Å². The molecule has 108 valence electrons. The number of hydrogen-bond donors (Lipinski definition) is 1. The van der Waals surface area contributed by atoms with Crippen molar-refractivity contribution in [2.45, 2.75) is 39.4 Å². The predicted octanol–water partition coefficient (Wildman–Crippen LogP) is 3.42. The van der Waals surface area contributed by atoms with E-state index in [-0.39, 0.29) is 0 Å². The molecule has 2 rings (SSSR count). The maximum absolute atomic E-state index is 13.4. The van der Waals surface area contributed by atoms with E-state index in [1.165, 1.54) is 12.1 Å². The van der Waals surface area contributed by atoms with E-state index in [2.05, 4.69) is 24.3 Å². The predicted molar refractivity (Wildman–Crippen MR) is 74.1 cm³/mol. The Bertz CT molecular complexity index is 566. The van der Waals surface area contributed by atoms with E-state index in [0.29, 0.717) is 24.7 Å². The Morgan fingerprint density at radius 1 is 1.25 bits per heavy atom. The van der Waals surface area contributed by atoms with E-state index in [9.17, 15) is 8.78 Å². The Balaban J connectivity index is 1.88. The van der Waals surface area contributed by atoms with Crippen LogP contribution in [0.1, 0.15) is 37.6 Å². The molecule has 0 aliphatic heterocycles. The zero-order chi connectivity index (χ0) is 14.5. The van der Waals surface area contributed by atoms with Crippen molar-refractivity contribution < 1.29 is 8.78 Å². The summed E-state index contributed by atoms with van der Waals surface area (Å²) in [4.78, 5) is 0. The molecule has 1 unspecified atom stereocenters. The molecule has 0 radical (unpaired) electrons. The van der Waals surface area contributed by atoms with Gasteiger partial charge in [-0.05, 0) is 25.5 Å². The number of nitrogens with one attached hydrogen (secondary N) is 1. The minimum atomic E-state index is -0.557. The molecule has 1 atom stereocenters. The summed E-state index contributed by atoms with van der Waals surface area (Å²) >= 11 is 0. The first-order valence-electron chi connectivity index (χ1n) is 6.78. The van der Waals surface area contributed by atoms with Gasteiger partial charge in [0, 0.05) is 37.0 Å². The topological polar surface area (TPSA) is 29.9 Å². The minimum absolute atomic E-state index is 0.350. The molecule has 0 aliphatic rings. The van der Waals surface area contributed by atoms with Gasteiger partial charge in [0.2, 0.25) is 0 Å². The SMILES string of the molecule is CCC(C)n1ccc(CNCc2ccc(F)cc2F)n1. The molecule has 0 fully saturated rings. The van der Waals surface area contributed by atoms with Crippen molar-refractivity contribution in [2.24, 2.45) is 0 Å². The zero-order valence-corrected chi connectivity index (χ0v) is 11.7. The molecule has 5 heteroatoms. The Morgan fingerprint density at radius 2 is 2.05 bits per heavy atom. The van der Waals surface area contributed by atoms with Gasteiger partial charge in [0.15, 0.2) is 0 Å². The van der Waals surface area contributed by atoms with E-state index in [4.69, 9.17) is 0 Å². The van der Waals surface area contributed by atoms with Crippen molar-refractivity contribution in [3.05, 3.63) is 53.4 Å². The molecule has 0 bridgehead atoms. The lowest BCUT2D eigenvalue weighted by Crippen LogP contribution is -2.15. The molecule has 1 heterocycles. The van der Waals surface area contributed by atoms with Crippen LogP contribution >= 0.6 is 0 Å². The maximum atomic E-state index is 13.4. The van der Waals surface area contributed by atoms with Crippen molar-refractivity contribution in [1.82, 2.24) is 15.1 Å². The molecule has 3 nitrogen and oxygen atoms in total. The van der Waals surface area contributed by atoms with Crippen molar-refractivity contribution in [3.8, 4) is 0 Å². The van der Waals surface area contributed by atoms with Gasteiger partial charge in [0.1, 0.15) is 11.6 Å². The molecule has 0 spiro atoms. The second-order valence-corrected chi connectivity index (χ2v) is 4.88. The summed E-state index contributed by atoms with van der Waals surface area (Å²) in [5, 5.41) is 7.56. The third kappa shape index (κ3) is 3.63. The lowest BCUT2D eigenvalue weighted by Gasteiger charge is -2.08. The van der Waals surface area contributed by atoms with Crippen LogP contribution in [0.5, 0.6) is 0 Å². The molecule has 0 saturated heterocycles. The first-order valence-corrected chi connectivity index (χ1v) is 6.78. The number of hydrogen-bond acceptors (Lipinski definition) is 2. The number of benzene rings is 1. The zero-order valence-electron chi connectivity index (χ0n) is 11.7. The molecule has 0 saturated carbocycles. The number of halogens is 2. The quantitative estimate of drug-likeness (QED) is 0.878. The highest BCUT2D eigenvalue weighted by atomic mass is 19.1. The van der Waals surface area contributed by atoms with Crippen LogP contribution in [0.2, 0.25) is 0 Å². The van der Waals surface area contributed by atoms with Crippen LogP contribution in [0.15, 0.2) is 30.5 Å². The third-order valence-corrected chi connectivity index (χ3v) is 3.34. The van der Waals surface area contributed by atoms with E-state index in [0.717, 1.165) is 18.2 Å². The minimum Gasteiger partial charge on any atom is -0.307 e. The van der Waals surface area contributed by atoms with Crippen LogP contribution in [0, 0.1) is 11.6 Å². The molecule has 1 N–H and O–H groups in total. The lowest BCUT2D eigenvalue weighted by atomic mass is 10.2. The second-order valence-electron chi connectivity index (χ2n) is 4.88. The summed E-state index contributed by atoms with van der Waals surface area (Å²) < 4.78 is 28.1.